The van der Waals surface area contributed by atoms with Gasteiger partial charge in [-0.1, -0.05) is 0 Å². The molecule has 2 saturated heterocycles. The zero-order valence-electron chi connectivity index (χ0n) is 26.2. The largest absolute Gasteiger partial charge is 0.507 e. The molecule has 2 aromatic carbocycles. The molecule has 272 valence electrons. The Morgan fingerprint density at radius 2 is 1.32 bits per heavy atom. The van der Waals surface area contributed by atoms with Crippen molar-refractivity contribution < 1.29 is 93.5 Å². The molecule has 0 radical (unpaired) electrons. The lowest BCUT2D eigenvalue weighted by atomic mass is 9.96. The van der Waals surface area contributed by atoms with Gasteiger partial charge in [-0.2, -0.15) is 0 Å². The molecule has 2 unspecified atom stereocenters. The van der Waals surface area contributed by atoms with Crippen LogP contribution in [-0.4, -0.2) is 138 Å². The molecule has 50 heavy (non-hydrogen) atoms. The van der Waals surface area contributed by atoms with Crippen LogP contribution in [0.5, 0.6) is 34.5 Å². The van der Waals surface area contributed by atoms with Gasteiger partial charge in [-0.05, 0) is 0 Å². The number of phenols is 5. The van der Waals surface area contributed by atoms with E-state index in [1.807, 2.05) is 0 Å². The molecule has 0 aliphatic carbocycles. The zero-order chi connectivity index (χ0) is 36.6. The Balaban J connectivity index is 1.64. The highest BCUT2D eigenvalue weighted by molar-refractivity contribution is 5.88. The summed E-state index contributed by atoms with van der Waals surface area (Å²) in [6.07, 6.45) is -17.5. The number of benzene rings is 2. The van der Waals surface area contributed by atoms with E-state index in [4.69, 9.17) is 32.8 Å². The summed E-state index contributed by atoms with van der Waals surface area (Å²) in [6, 6.07) is 5.22. The van der Waals surface area contributed by atoms with Crippen LogP contribution in [0, 0.1) is 0 Å². The summed E-state index contributed by atoms with van der Waals surface area (Å²) in [6.45, 7) is 0.294. The zero-order valence-corrected chi connectivity index (χ0v) is 26.2. The fraction of sp³-hybridized carbons (Fsp3) is 0.452. The highest BCUT2D eigenvalue weighted by Gasteiger charge is 2.55. The summed E-state index contributed by atoms with van der Waals surface area (Å²) >= 11 is 0. The average molecular weight is 712 g/mol. The van der Waals surface area contributed by atoms with Crippen molar-refractivity contribution in [2.24, 2.45) is 0 Å². The van der Waals surface area contributed by atoms with E-state index in [2.05, 4.69) is 0 Å². The predicted molar refractivity (Wildman–Crippen MR) is 161 cm³/mol. The first kappa shape index (κ1) is 36.5. The molecule has 3 aromatic rings. The number of carbonyl (C=O) groups excluding carboxylic acids is 2. The summed E-state index contributed by atoms with van der Waals surface area (Å²) in [5.41, 5.74) is -0.270. The molecule has 3 heterocycles. The van der Waals surface area contributed by atoms with Gasteiger partial charge in [0.05, 0.1) is 24.8 Å². The Labute approximate surface area is 281 Å². The van der Waals surface area contributed by atoms with E-state index in [0.29, 0.717) is 0 Å². The minimum absolute atomic E-state index is 0.0563. The molecule has 0 spiro atoms. The Kier molecular flexibility index (Phi) is 10.7. The Morgan fingerprint density at radius 3 is 1.92 bits per heavy atom. The fourth-order valence-corrected chi connectivity index (χ4v) is 5.59. The molecule has 0 saturated carbocycles. The van der Waals surface area contributed by atoms with Crippen LogP contribution in [0.3, 0.4) is 0 Å². The van der Waals surface area contributed by atoms with E-state index in [9.17, 15) is 60.7 Å². The third-order valence-corrected chi connectivity index (χ3v) is 7.91. The number of aliphatic hydroxyl groups is 5. The summed E-state index contributed by atoms with van der Waals surface area (Å²) in [4.78, 5) is 24.6. The minimum Gasteiger partial charge on any atom is -0.507 e. The second kappa shape index (κ2) is 14.6. The topological polar surface area (TPSA) is 303 Å². The van der Waals surface area contributed by atoms with E-state index in [1.165, 1.54) is 6.07 Å². The van der Waals surface area contributed by atoms with Gasteiger partial charge in [-0.25, -0.2) is 4.42 Å². The third-order valence-electron chi connectivity index (χ3n) is 7.91. The molecular formula is C31H35O19+. The quantitative estimate of drug-likeness (QED) is 0.0727. The molecule has 2 aliphatic rings. The van der Waals surface area contributed by atoms with Crippen molar-refractivity contribution >= 4 is 22.9 Å². The van der Waals surface area contributed by atoms with Gasteiger partial charge in [-0.3, -0.25) is 9.59 Å². The molecule has 2 fully saturated rings. The molecular weight excluding hydrogens is 676 g/mol. The highest BCUT2D eigenvalue weighted by atomic mass is 16.8. The molecule has 19 heteroatoms. The van der Waals surface area contributed by atoms with Crippen LogP contribution in [0.4, 0.5) is 0 Å². The minimum atomic E-state index is -1.97. The van der Waals surface area contributed by atoms with E-state index in [-0.39, 0.29) is 28.0 Å². The van der Waals surface area contributed by atoms with Crippen LogP contribution in [-0.2, 0) is 33.3 Å². The summed E-state index contributed by atoms with van der Waals surface area (Å²) in [5, 5.41) is 102. The number of hydrogen-bond donors (Lipinski definition) is 10. The maximum atomic E-state index is 12.4. The van der Waals surface area contributed by atoms with Crippen LogP contribution in [0.25, 0.3) is 22.3 Å². The van der Waals surface area contributed by atoms with E-state index in [0.717, 1.165) is 38.1 Å². The number of rotatable bonds is 9. The van der Waals surface area contributed by atoms with Crippen molar-refractivity contribution in [1.29, 1.82) is 0 Å². The standard InChI is InChI=1S/C31H34O19/c1-10(34)44-27-21(9-33)49-31(29(45-11(2)35)28(27)50-30-25(43)24(42)23(41)20(8-32)48-30)47-19-7-14-15(37)5-13(36)6-18(14)46-26(19)12-3-16(38)22(40)17(39)4-12/h3-7,20-21,23-25,27-33,41-43H,8-9H2,1-2H3,(H4-,36,37,38,39,40)/p+1/t20-,21-,23-,24+,25-,27-,28+,29-,30?,31?/m1/s1. The van der Waals surface area contributed by atoms with Crippen molar-refractivity contribution in [3.05, 3.63) is 30.3 Å². The lowest BCUT2D eigenvalue weighted by Gasteiger charge is -2.47. The highest BCUT2D eigenvalue weighted by Crippen LogP contribution is 2.45. The van der Waals surface area contributed by atoms with Crippen molar-refractivity contribution in [3.8, 4) is 45.8 Å². The van der Waals surface area contributed by atoms with Gasteiger partial charge in [-0.15, -0.1) is 0 Å². The molecule has 0 bridgehead atoms. The molecule has 0 amide bonds. The van der Waals surface area contributed by atoms with Gasteiger partial charge in [0.15, 0.2) is 35.7 Å². The molecule has 19 nitrogen and oxygen atoms in total. The second-order valence-electron chi connectivity index (χ2n) is 11.5. The van der Waals surface area contributed by atoms with E-state index >= 15 is 0 Å². The van der Waals surface area contributed by atoms with Gasteiger partial charge in [0, 0.05) is 38.1 Å². The monoisotopic (exact) mass is 711 g/mol. The normalized spacial score (nSPS) is 29.7. The van der Waals surface area contributed by atoms with Crippen molar-refractivity contribution in [2.75, 3.05) is 13.2 Å². The lowest BCUT2D eigenvalue weighted by Crippen LogP contribution is -2.66. The maximum Gasteiger partial charge on any atom is 0.402 e. The smallest absolute Gasteiger partial charge is 0.402 e. The number of carbonyl (C=O) groups is 2. The van der Waals surface area contributed by atoms with Gasteiger partial charge >= 0.3 is 23.3 Å². The van der Waals surface area contributed by atoms with Crippen molar-refractivity contribution in [2.45, 2.75) is 75.3 Å². The van der Waals surface area contributed by atoms with Gasteiger partial charge < -0.3 is 79.5 Å². The van der Waals surface area contributed by atoms with Crippen LogP contribution in [0.2, 0.25) is 0 Å². The van der Waals surface area contributed by atoms with Crippen molar-refractivity contribution in [3.63, 3.8) is 0 Å². The number of hydrogen-bond acceptors (Lipinski definition) is 18. The Bertz CT molecular complexity index is 1700. The van der Waals surface area contributed by atoms with Crippen LogP contribution in [0.1, 0.15) is 13.8 Å². The number of ether oxygens (including phenoxy) is 6. The average Bonchev–Trinajstić information content (AvgIpc) is 3.05. The second-order valence-corrected chi connectivity index (χ2v) is 11.5. The molecule has 10 atom stereocenters. The molecule has 10 N–H and O–H groups in total. The lowest BCUT2D eigenvalue weighted by molar-refractivity contribution is -0.353. The number of aromatic hydroxyl groups is 5. The first-order chi connectivity index (χ1) is 23.6. The van der Waals surface area contributed by atoms with Crippen molar-refractivity contribution in [1.82, 2.24) is 0 Å². The number of aliphatic hydroxyl groups excluding tert-OH is 5. The predicted octanol–water partition coefficient (Wildman–Crippen LogP) is -0.947. The van der Waals surface area contributed by atoms with E-state index in [1.54, 1.807) is 0 Å². The fourth-order valence-electron chi connectivity index (χ4n) is 5.59. The number of fused-ring (bicyclic) bond motifs is 1. The SMILES string of the molecule is CC(=O)O[C@H]1[C@H](OC2O[C@H](CO)[C@@H](O)[C@H](O)[C@H]2O)[C@@H](OC(C)=O)C(Oc2cc3c(O)cc(O)cc3[o+]c2-c2cc(O)c(O)c(O)c2)O[C@@H]1CO. The van der Waals surface area contributed by atoms with Crippen LogP contribution in [0.15, 0.2) is 34.7 Å². The molecule has 2 aliphatic heterocycles. The van der Waals surface area contributed by atoms with Crippen LogP contribution >= 0.6 is 0 Å². The van der Waals surface area contributed by atoms with Gasteiger partial charge in [0.25, 0.3) is 0 Å². The van der Waals surface area contributed by atoms with Gasteiger partial charge in [0.1, 0.15) is 53.5 Å². The maximum absolute atomic E-state index is 12.4. The molecule has 1 aromatic heterocycles. The van der Waals surface area contributed by atoms with Crippen LogP contribution < -0.4 is 4.74 Å². The summed E-state index contributed by atoms with van der Waals surface area (Å²) in [7, 11) is 0. The first-order valence-corrected chi connectivity index (χ1v) is 14.9. The summed E-state index contributed by atoms with van der Waals surface area (Å²) < 4.78 is 40.1. The number of phenolic OH excluding ortho intramolecular Hbond substituents is 5. The Morgan fingerprint density at radius 1 is 0.720 bits per heavy atom. The third kappa shape index (κ3) is 7.25. The Hall–Kier alpha value is -4.73. The van der Waals surface area contributed by atoms with E-state index < -0.39 is 115 Å². The first-order valence-electron chi connectivity index (χ1n) is 14.9. The molecule has 5 rings (SSSR count). The summed E-state index contributed by atoms with van der Waals surface area (Å²) in [5.74, 6) is -5.92. The van der Waals surface area contributed by atoms with Gasteiger partial charge in [0.2, 0.25) is 12.0 Å². The number of esters is 2.